The molecule has 0 fully saturated rings. The topological polar surface area (TPSA) is 60.7 Å². The van der Waals surface area contributed by atoms with E-state index in [2.05, 4.69) is 0 Å². The van der Waals surface area contributed by atoms with E-state index in [0.717, 1.165) is 22.3 Å². The van der Waals surface area contributed by atoms with Gasteiger partial charge >= 0.3 is 7.94 Å². The third-order valence-electron chi connectivity index (χ3n) is 3.91. The van der Waals surface area contributed by atoms with Crippen LogP contribution >= 0.6 is 7.94 Å². The van der Waals surface area contributed by atoms with Crippen LogP contribution in [-0.2, 0) is 0 Å². The van der Waals surface area contributed by atoms with Gasteiger partial charge in [0.25, 0.3) is 0 Å². The summed E-state index contributed by atoms with van der Waals surface area (Å²) in [5, 5.41) is 0.191. The molecule has 4 heteroatoms. The molecule has 3 nitrogen and oxygen atoms in total. The van der Waals surface area contributed by atoms with Gasteiger partial charge in [-0.15, -0.1) is 0 Å². The first-order chi connectivity index (χ1) is 11.0. The van der Waals surface area contributed by atoms with Gasteiger partial charge in [0.05, 0.1) is 0 Å². The first-order valence-electron chi connectivity index (χ1n) is 7.31. The summed E-state index contributed by atoms with van der Waals surface area (Å²) in [6.07, 6.45) is 0. The highest BCUT2D eigenvalue weighted by Crippen LogP contribution is 2.47. The van der Waals surface area contributed by atoms with Crippen LogP contribution < -0.4 is 5.30 Å². The fourth-order valence-electron chi connectivity index (χ4n) is 2.86. The Morgan fingerprint density at radius 2 is 1.17 bits per heavy atom. The Morgan fingerprint density at radius 3 is 1.70 bits per heavy atom. The monoisotopic (exact) mass is 325 g/mol. The zero-order chi connectivity index (χ0) is 16.4. The first kappa shape index (κ1) is 15.9. The molecule has 0 radical (unpaired) electrons. The Labute approximate surface area is 136 Å². The van der Waals surface area contributed by atoms with E-state index in [1.807, 2.05) is 73.7 Å². The molecule has 0 aliphatic heterocycles. The van der Waals surface area contributed by atoms with Crippen LogP contribution in [0, 0.1) is 6.92 Å². The van der Waals surface area contributed by atoms with Crippen LogP contribution in [0.2, 0.25) is 0 Å². The third kappa shape index (κ3) is 3.19. The van der Waals surface area contributed by atoms with Crippen molar-refractivity contribution >= 4 is 13.2 Å². The molecule has 0 aromatic heterocycles. The van der Waals surface area contributed by atoms with Crippen molar-refractivity contribution in [2.45, 2.75) is 6.92 Å². The van der Waals surface area contributed by atoms with E-state index in [0.29, 0.717) is 5.56 Å². The zero-order valence-corrected chi connectivity index (χ0v) is 13.6. The molecule has 0 atom stereocenters. The maximum atomic E-state index is 9.72. The van der Waals surface area contributed by atoms with E-state index in [4.69, 9.17) is 0 Å². The lowest BCUT2D eigenvalue weighted by Gasteiger charge is -2.16. The average molecular weight is 325 g/mol. The molecule has 23 heavy (non-hydrogen) atoms. The lowest BCUT2D eigenvalue weighted by atomic mass is 9.91. The minimum absolute atomic E-state index is 0.191. The second kappa shape index (κ2) is 6.23. The van der Waals surface area contributed by atoms with E-state index in [1.165, 1.54) is 0 Å². The molecule has 0 heterocycles. The van der Waals surface area contributed by atoms with Crippen molar-refractivity contribution in [1.29, 1.82) is 0 Å². The Hall–Kier alpha value is -2.03. The summed E-state index contributed by atoms with van der Waals surface area (Å²) < 4.78 is 0. The zero-order valence-electron chi connectivity index (χ0n) is 12.7. The summed E-state index contributed by atoms with van der Waals surface area (Å²) in [5.74, 6) is 0. The van der Waals surface area contributed by atoms with E-state index in [9.17, 15) is 14.7 Å². The summed E-state index contributed by atoms with van der Waals surface area (Å²) in [6.45, 7) is 1.81. The second-order valence-electron chi connectivity index (χ2n) is 5.43. The van der Waals surface area contributed by atoms with Gasteiger partial charge in [0, 0.05) is 5.56 Å². The van der Waals surface area contributed by atoms with Gasteiger partial charge in [-0.25, -0.2) is 0 Å². The molecule has 0 amide bonds. The lowest BCUT2D eigenvalue weighted by Crippen LogP contribution is -2.14. The Bertz CT molecular complexity index is 809. The SMILES string of the molecule is Cc1c([P+](O)(O)O)ccc(-c2ccccc2)c1-c1ccccc1. The van der Waals surface area contributed by atoms with Crippen LogP contribution in [0.3, 0.4) is 0 Å². The number of hydrogen-bond acceptors (Lipinski definition) is 3. The van der Waals surface area contributed by atoms with Crippen molar-refractivity contribution in [3.05, 3.63) is 78.4 Å². The number of benzene rings is 3. The van der Waals surface area contributed by atoms with Crippen LogP contribution in [0.25, 0.3) is 22.3 Å². The standard InChI is InChI=1S/C19H18O3P/c1-14-18(23(20,21)22)13-12-17(15-8-4-2-5-9-15)19(14)16-10-6-3-7-11-16/h2-13,20-22H,1H3/q+1. The summed E-state index contributed by atoms with van der Waals surface area (Å²) in [7, 11) is -4.06. The maximum absolute atomic E-state index is 9.72. The van der Waals surface area contributed by atoms with Crippen LogP contribution in [-0.4, -0.2) is 14.7 Å². The molecule has 3 N–H and O–H groups in total. The lowest BCUT2D eigenvalue weighted by molar-refractivity contribution is 0.347. The highest BCUT2D eigenvalue weighted by Gasteiger charge is 2.37. The quantitative estimate of drug-likeness (QED) is 0.644. The van der Waals surface area contributed by atoms with Crippen LogP contribution in [0.15, 0.2) is 72.8 Å². The second-order valence-corrected chi connectivity index (χ2v) is 7.05. The molecule has 0 saturated carbocycles. The molecule has 0 bridgehead atoms. The molecule has 3 rings (SSSR count). The van der Waals surface area contributed by atoms with Gasteiger partial charge in [-0.05, 0) is 41.3 Å². The molecule has 0 aliphatic carbocycles. The normalized spacial score (nSPS) is 11.5. The Morgan fingerprint density at radius 1 is 0.652 bits per heavy atom. The van der Waals surface area contributed by atoms with Crippen LogP contribution in [0.4, 0.5) is 0 Å². The summed E-state index contributed by atoms with van der Waals surface area (Å²) in [6, 6.07) is 23.1. The van der Waals surface area contributed by atoms with Crippen LogP contribution in [0.5, 0.6) is 0 Å². The highest BCUT2D eigenvalue weighted by molar-refractivity contribution is 7.66. The van der Waals surface area contributed by atoms with E-state index < -0.39 is 7.94 Å². The maximum Gasteiger partial charge on any atom is 0.441 e. The molecular formula is C19H18O3P+. The number of hydrogen-bond donors (Lipinski definition) is 3. The van der Waals surface area contributed by atoms with E-state index in [1.54, 1.807) is 6.07 Å². The van der Waals surface area contributed by atoms with Crippen molar-refractivity contribution in [2.75, 3.05) is 0 Å². The molecule has 0 saturated heterocycles. The number of rotatable bonds is 3. The third-order valence-corrected chi connectivity index (χ3v) is 5.04. The van der Waals surface area contributed by atoms with E-state index in [-0.39, 0.29) is 5.30 Å². The van der Waals surface area contributed by atoms with Gasteiger partial charge in [0.1, 0.15) is 0 Å². The van der Waals surface area contributed by atoms with Crippen molar-refractivity contribution < 1.29 is 14.7 Å². The van der Waals surface area contributed by atoms with Gasteiger partial charge in [-0.3, -0.25) is 0 Å². The van der Waals surface area contributed by atoms with E-state index >= 15 is 0 Å². The summed E-state index contributed by atoms with van der Waals surface area (Å²) in [4.78, 5) is 29.2. The van der Waals surface area contributed by atoms with Crippen molar-refractivity contribution in [3.63, 3.8) is 0 Å². The van der Waals surface area contributed by atoms with Gasteiger partial charge in [-0.2, -0.15) is 14.7 Å². The molecule has 3 aromatic rings. The fourth-order valence-corrected chi connectivity index (χ4v) is 3.70. The van der Waals surface area contributed by atoms with Crippen molar-refractivity contribution in [3.8, 4) is 22.3 Å². The predicted molar refractivity (Wildman–Crippen MR) is 95.3 cm³/mol. The molecule has 0 aliphatic rings. The van der Waals surface area contributed by atoms with Crippen molar-refractivity contribution in [1.82, 2.24) is 0 Å². The van der Waals surface area contributed by atoms with Gasteiger partial charge < -0.3 is 0 Å². The summed E-state index contributed by atoms with van der Waals surface area (Å²) >= 11 is 0. The Kier molecular flexibility index (Phi) is 4.29. The first-order valence-corrected chi connectivity index (χ1v) is 8.95. The Balaban J connectivity index is 2.32. The van der Waals surface area contributed by atoms with Crippen LogP contribution in [0.1, 0.15) is 5.56 Å². The minimum atomic E-state index is -4.06. The molecule has 3 aromatic carbocycles. The average Bonchev–Trinajstić information content (AvgIpc) is 2.55. The smallest absolute Gasteiger partial charge is 0.189 e. The van der Waals surface area contributed by atoms with Gasteiger partial charge in [0.2, 0.25) is 0 Å². The van der Waals surface area contributed by atoms with Gasteiger partial charge in [0.15, 0.2) is 5.30 Å². The fraction of sp³-hybridized carbons (Fsp3) is 0.0526. The molecular weight excluding hydrogens is 307 g/mol. The largest absolute Gasteiger partial charge is 0.441 e. The molecule has 116 valence electrons. The minimum Gasteiger partial charge on any atom is -0.189 e. The van der Waals surface area contributed by atoms with Crippen molar-refractivity contribution in [2.24, 2.45) is 0 Å². The predicted octanol–water partition coefficient (Wildman–Crippen LogP) is 3.69. The van der Waals surface area contributed by atoms with Gasteiger partial charge in [-0.1, -0.05) is 60.7 Å². The summed E-state index contributed by atoms with van der Waals surface area (Å²) in [5.41, 5.74) is 4.58. The highest BCUT2D eigenvalue weighted by atomic mass is 31.2. The molecule has 0 unspecified atom stereocenters. The molecule has 0 spiro atoms.